The lowest BCUT2D eigenvalue weighted by atomic mass is 9.97. The molecule has 0 radical (unpaired) electrons. The van der Waals surface area contributed by atoms with E-state index in [0.717, 1.165) is 11.4 Å². The van der Waals surface area contributed by atoms with E-state index in [4.69, 9.17) is 0 Å². The molecular formula is C72H50N2Si2. The maximum atomic E-state index is 2.53. The van der Waals surface area contributed by atoms with Crippen LogP contribution in [0.25, 0.3) is 77.2 Å². The lowest BCUT2D eigenvalue weighted by Crippen LogP contribution is -2.74. The van der Waals surface area contributed by atoms with Crippen molar-refractivity contribution in [3.8, 4) is 33.6 Å². The van der Waals surface area contributed by atoms with Crippen molar-refractivity contribution in [1.82, 2.24) is 9.13 Å². The molecule has 15 rings (SSSR count). The molecule has 0 atom stereocenters. The second-order valence-electron chi connectivity index (χ2n) is 20.3. The van der Waals surface area contributed by atoms with Gasteiger partial charge in [-0.15, -0.1) is 0 Å². The average Bonchev–Trinajstić information content (AvgIpc) is 4.18. The summed E-state index contributed by atoms with van der Waals surface area (Å²) in [4.78, 5) is 0. The number of rotatable bonds is 9. The van der Waals surface area contributed by atoms with Gasteiger partial charge in [-0.1, -0.05) is 261 Å². The molecule has 1 aliphatic heterocycles. The summed E-state index contributed by atoms with van der Waals surface area (Å²) in [6.07, 6.45) is 0. The zero-order valence-corrected chi connectivity index (χ0v) is 43.8. The van der Waals surface area contributed by atoms with Crippen LogP contribution in [-0.2, 0) is 0 Å². The molecule has 4 heteroatoms. The van der Waals surface area contributed by atoms with Crippen LogP contribution in [0.1, 0.15) is 0 Å². The summed E-state index contributed by atoms with van der Waals surface area (Å²) in [5.74, 6) is 0. The van der Waals surface area contributed by atoms with Crippen LogP contribution >= 0.6 is 0 Å². The van der Waals surface area contributed by atoms with E-state index in [1.807, 2.05) is 0 Å². The zero-order valence-electron chi connectivity index (χ0n) is 41.8. The predicted octanol–water partition coefficient (Wildman–Crippen LogP) is 12.3. The Hall–Kier alpha value is -9.33. The van der Waals surface area contributed by atoms with E-state index in [-0.39, 0.29) is 0 Å². The normalized spacial score (nSPS) is 12.8. The number of para-hydroxylation sites is 3. The van der Waals surface area contributed by atoms with Gasteiger partial charge in [-0.2, -0.15) is 0 Å². The van der Waals surface area contributed by atoms with Crippen molar-refractivity contribution in [2.45, 2.75) is 0 Å². The Bertz CT molecular complexity index is 4370. The second kappa shape index (κ2) is 17.7. The minimum atomic E-state index is -2.82. The number of nitrogens with zero attached hydrogens (tertiary/aromatic N) is 2. The molecule has 2 aromatic heterocycles. The highest BCUT2D eigenvalue weighted by Crippen LogP contribution is 2.42. The van der Waals surface area contributed by atoms with Crippen LogP contribution < -0.4 is 41.5 Å². The van der Waals surface area contributed by atoms with Crippen molar-refractivity contribution in [3.63, 3.8) is 0 Å². The molecule has 0 unspecified atom stereocenters. The summed E-state index contributed by atoms with van der Waals surface area (Å²) in [6, 6.07) is 114. The standard InChI is InChI=1S/C72H50N2Si2/c1-6-25-54(26-7-1)75(55-27-8-2-9-28-55,56-29-10-3-11-30-56)59-35-22-24-52(49-59)73-67-41-19-16-36-61(67)63-46-45-53(50-69(63)73)74-68-42-20-17-37-62(68)65-40-23-39-60(72(65)74)51-44-47-71-66(48-51)64-38-18-21-43-70(64)76(71,57-31-12-4-13-32-57)58-33-14-5-15-34-58/h1-50H. The fourth-order valence-electron chi connectivity index (χ4n) is 13.5. The van der Waals surface area contributed by atoms with Gasteiger partial charge in [-0.25, -0.2) is 0 Å². The van der Waals surface area contributed by atoms with Gasteiger partial charge < -0.3 is 9.13 Å². The minimum absolute atomic E-state index is 1.12. The second-order valence-corrected chi connectivity index (χ2v) is 27.8. The van der Waals surface area contributed by atoms with E-state index in [9.17, 15) is 0 Å². The first kappa shape index (κ1) is 44.2. The third-order valence-corrected chi connectivity index (χ3v) is 26.2. The zero-order chi connectivity index (χ0) is 50.2. The Morgan fingerprint density at radius 3 is 1.37 bits per heavy atom. The largest absolute Gasteiger partial charge is 0.309 e. The molecular weight excluding hydrogens is 949 g/mol. The monoisotopic (exact) mass is 998 g/mol. The van der Waals surface area contributed by atoms with Crippen LogP contribution in [-0.4, -0.2) is 25.3 Å². The summed E-state index contributed by atoms with van der Waals surface area (Å²) < 4.78 is 5.05. The maximum Gasteiger partial charge on any atom is 0.180 e. The van der Waals surface area contributed by atoms with Crippen LogP contribution in [0.2, 0.25) is 0 Å². The van der Waals surface area contributed by atoms with Gasteiger partial charge in [0.2, 0.25) is 0 Å². The Balaban J connectivity index is 0.956. The van der Waals surface area contributed by atoms with Crippen molar-refractivity contribution < 1.29 is 0 Å². The van der Waals surface area contributed by atoms with E-state index < -0.39 is 16.1 Å². The molecule has 12 aromatic carbocycles. The minimum Gasteiger partial charge on any atom is -0.309 e. The van der Waals surface area contributed by atoms with Gasteiger partial charge in [0.15, 0.2) is 16.1 Å². The summed E-state index contributed by atoms with van der Waals surface area (Å²) >= 11 is 0. The summed E-state index contributed by atoms with van der Waals surface area (Å²) in [5, 5.41) is 16.1. The number of aromatic nitrogens is 2. The molecule has 1 aliphatic rings. The van der Waals surface area contributed by atoms with E-state index in [0.29, 0.717) is 0 Å². The van der Waals surface area contributed by atoms with Gasteiger partial charge in [0, 0.05) is 38.5 Å². The van der Waals surface area contributed by atoms with Crippen molar-refractivity contribution in [2.75, 3.05) is 0 Å². The van der Waals surface area contributed by atoms with E-state index >= 15 is 0 Å². The van der Waals surface area contributed by atoms with E-state index in [1.165, 1.54) is 107 Å². The molecule has 0 saturated carbocycles. The Labute approximate surface area is 444 Å². The van der Waals surface area contributed by atoms with Gasteiger partial charge in [-0.05, 0) is 101 Å². The number of fused-ring (bicyclic) bond motifs is 9. The summed E-state index contributed by atoms with van der Waals surface area (Å²) in [7, 11) is -5.46. The van der Waals surface area contributed by atoms with E-state index in [2.05, 4.69) is 312 Å². The van der Waals surface area contributed by atoms with Crippen molar-refractivity contribution in [3.05, 3.63) is 303 Å². The Kier molecular flexibility index (Phi) is 10.3. The van der Waals surface area contributed by atoms with Crippen molar-refractivity contribution in [1.29, 1.82) is 0 Å². The fraction of sp³-hybridized carbons (Fsp3) is 0. The van der Waals surface area contributed by atoms with Gasteiger partial charge in [0.25, 0.3) is 0 Å². The first-order chi connectivity index (χ1) is 37.7. The quantitative estimate of drug-likeness (QED) is 0.101. The molecule has 3 heterocycles. The number of hydrogen-bond acceptors (Lipinski definition) is 0. The molecule has 14 aromatic rings. The predicted molar refractivity (Wildman–Crippen MR) is 327 cm³/mol. The fourth-order valence-corrected chi connectivity index (χ4v) is 23.4. The average molecular weight is 999 g/mol. The highest BCUT2D eigenvalue weighted by atomic mass is 28.3. The van der Waals surface area contributed by atoms with E-state index in [1.54, 1.807) is 0 Å². The molecule has 0 amide bonds. The smallest absolute Gasteiger partial charge is 0.180 e. The van der Waals surface area contributed by atoms with Crippen molar-refractivity contribution in [2.24, 2.45) is 0 Å². The summed E-state index contributed by atoms with van der Waals surface area (Å²) in [6.45, 7) is 0. The molecule has 0 aliphatic carbocycles. The highest BCUT2D eigenvalue weighted by Gasteiger charge is 2.48. The van der Waals surface area contributed by atoms with Crippen LogP contribution in [0, 0.1) is 0 Å². The Morgan fingerprint density at radius 1 is 0.263 bits per heavy atom. The molecule has 0 spiro atoms. The maximum absolute atomic E-state index is 2.82. The van der Waals surface area contributed by atoms with Gasteiger partial charge in [-0.3, -0.25) is 0 Å². The molecule has 76 heavy (non-hydrogen) atoms. The third kappa shape index (κ3) is 6.45. The lowest BCUT2D eigenvalue weighted by molar-refractivity contribution is 1.16. The van der Waals surface area contributed by atoms with Crippen LogP contribution in [0.15, 0.2) is 303 Å². The first-order valence-corrected chi connectivity index (χ1v) is 30.4. The molecule has 356 valence electrons. The molecule has 0 N–H and O–H groups in total. The van der Waals surface area contributed by atoms with Crippen LogP contribution in [0.4, 0.5) is 0 Å². The van der Waals surface area contributed by atoms with Crippen LogP contribution in [0.3, 0.4) is 0 Å². The molecule has 0 fully saturated rings. The van der Waals surface area contributed by atoms with Gasteiger partial charge in [0.05, 0.1) is 22.1 Å². The van der Waals surface area contributed by atoms with Crippen molar-refractivity contribution >= 4 is 101 Å². The van der Waals surface area contributed by atoms with Gasteiger partial charge >= 0.3 is 0 Å². The highest BCUT2D eigenvalue weighted by molar-refractivity contribution is 7.22. The molecule has 2 nitrogen and oxygen atoms in total. The summed E-state index contributed by atoms with van der Waals surface area (Å²) in [5.41, 5.74) is 12.1. The first-order valence-electron chi connectivity index (χ1n) is 26.4. The molecule has 0 bridgehead atoms. The Morgan fingerprint density at radius 2 is 0.724 bits per heavy atom. The number of benzene rings is 12. The third-order valence-electron chi connectivity index (χ3n) is 16.5. The lowest BCUT2D eigenvalue weighted by Gasteiger charge is -2.34. The van der Waals surface area contributed by atoms with Crippen LogP contribution in [0.5, 0.6) is 0 Å². The molecule has 0 saturated heterocycles. The SMILES string of the molecule is c1ccc([Si](c2ccccc2)(c2ccccc2)c2cccc(-n3c4ccccc4c4ccc(-n5c6ccccc6c6cccc(-c7ccc8c(c7)-c7ccccc7[Si]8(c7ccccc7)c7ccccc7)c65)cc43)c2)cc1. The van der Waals surface area contributed by atoms with Gasteiger partial charge in [0.1, 0.15) is 0 Å². The number of hydrogen-bond donors (Lipinski definition) is 0. The topological polar surface area (TPSA) is 9.86 Å².